The van der Waals surface area contributed by atoms with Crippen molar-refractivity contribution in [2.75, 3.05) is 5.75 Å². The van der Waals surface area contributed by atoms with Gasteiger partial charge in [-0.25, -0.2) is 0 Å². The van der Waals surface area contributed by atoms with Crippen LogP contribution in [0.1, 0.15) is 65.7 Å². The van der Waals surface area contributed by atoms with E-state index in [4.69, 9.17) is 4.74 Å². The summed E-state index contributed by atoms with van der Waals surface area (Å²) in [7, 11) is -5.03. The molecule has 0 heterocycles. The first-order chi connectivity index (χ1) is 15.3. The van der Waals surface area contributed by atoms with E-state index in [0.29, 0.717) is 5.75 Å². The highest BCUT2D eigenvalue weighted by atomic mass is 32.2. The molecule has 0 atom stereocenters. The lowest BCUT2D eigenvalue weighted by molar-refractivity contribution is -0.198. The number of hydrogen-bond acceptors (Lipinski definition) is 6. The Balaban J connectivity index is 1.27. The second-order valence-electron chi connectivity index (χ2n) is 10.6. The van der Waals surface area contributed by atoms with Gasteiger partial charge in [-0.2, -0.15) is 17.2 Å². The number of alkyl halides is 2. The van der Waals surface area contributed by atoms with E-state index in [-0.39, 0.29) is 30.5 Å². The van der Waals surface area contributed by atoms with Crippen LogP contribution in [0.5, 0.6) is 5.75 Å². The molecular weight excluding hydrogens is 470 g/mol. The molecular formula is C24H32F2O5S2. The Morgan fingerprint density at radius 2 is 1.55 bits per heavy atom. The number of esters is 1. The Morgan fingerprint density at radius 1 is 1.03 bits per heavy atom. The fraction of sp³-hybridized carbons (Fsp3) is 0.708. The van der Waals surface area contributed by atoms with Gasteiger partial charge in [-0.3, -0.25) is 4.79 Å². The molecule has 0 spiro atoms. The second kappa shape index (κ2) is 8.70. The Hall–Kier alpha value is -1.35. The van der Waals surface area contributed by atoms with Crippen LogP contribution < -0.4 is 4.18 Å². The Kier molecular flexibility index (Phi) is 6.53. The topological polar surface area (TPSA) is 69.7 Å². The molecule has 4 aliphatic carbocycles. The zero-order valence-corrected chi connectivity index (χ0v) is 20.9. The van der Waals surface area contributed by atoms with E-state index in [2.05, 4.69) is 18.0 Å². The van der Waals surface area contributed by atoms with Crippen LogP contribution in [0, 0.1) is 23.2 Å². The van der Waals surface area contributed by atoms with Crippen molar-refractivity contribution in [3.63, 3.8) is 0 Å². The molecule has 0 saturated heterocycles. The smallest absolute Gasteiger partial charge is 0.377 e. The summed E-state index contributed by atoms with van der Waals surface area (Å²) in [5.41, 5.74) is -0.368. The average Bonchev–Trinajstić information content (AvgIpc) is 2.66. The number of carbonyl (C=O) groups is 1. The molecule has 0 unspecified atom stereocenters. The van der Waals surface area contributed by atoms with Gasteiger partial charge in [-0.1, -0.05) is 0 Å². The van der Waals surface area contributed by atoms with Gasteiger partial charge in [0.2, 0.25) is 0 Å². The highest BCUT2D eigenvalue weighted by Crippen LogP contribution is 2.64. The lowest BCUT2D eigenvalue weighted by atomic mass is 9.46. The molecule has 184 valence electrons. The predicted octanol–water partition coefficient (Wildman–Crippen LogP) is 6.03. The maximum absolute atomic E-state index is 13.1. The Labute approximate surface area is 199 Å². The van der Waals surface area contributed by atoms with E-state index in [1.807, 2.05) is 0 Å². The summed E-state index contributed by atoms with van der Waals surface area (Å²) in [4.78, 5) is 13.4. The highest BCUT2D eigenvalue weighted by molar-refractivity contribution is 7.99. The number of rotatable bonds is 9. The van der Waals surface area contributed by atoms with Crippen molar-refractivity contribution in [1.82, 2.24) is 0 Å². The van der Waals surface area contributed by atoms with Crippen LogP contribution in [0.4, 0.5) is 8.78 Å². The van der Waals surface area contributed by atoms with Gasteiger partial charge < -0.3 is 8.92 Å². The molecule has 1 aromatic rings. The van der Waals surface area contributed by atoms with Crippen LogP contribution in [0.3, 0.4) is 0 Å². The summed E-state index contributed by atoms with van der Waals surface area (Å²) in [6.07, 6.45) is 7.80. The van der Waals surface area contributed by atoms with Crippen molar-refractivity contribution >= 4 is 27.8 Å². The van der Waals surface area contributed by atoms with Crippen molar-refractivity contribution < 1.29 is 30.9 Å². The molecule has 33 heavy (non-hydrogen) atoms. The lowest BCUT2D eigenvalue weighted by Gasteiger charge is -2.61. The normalized spacial score (nSPS) is 29.2. The van der Waals surface area contributed by atoms with Crippen LogP contribution >= 0.6 is 11.8 Å². The summed E-state index contributed by atoms with van der Waals surface area (Å²) in [6, 6.07) is 5.79. The fourth-order valence-electron chi connectivity index (χ4n) is 6.34. The largest absolute Gasteiger partial charge is 0.459 e. The standard InChI is InChI=1S/C24H32F2O5S2/c1-22(2,24-13-16-10-17(14-24)12-18(11-16)15-24)30-21(27)8-9-32-20-6-4-19(5-7-20)31-33(28,29)23(3,25)26/h4-7,16-18H,8-15H2,1-3H3. The summed E-state index contributed by atoms with van der Waals surface area (Å²) < 4.78 is 59.5. The molecule has 0 aromatic heterocycles. The summed E-state index contributed by atoms with van der Waals surface area (Å²) in [5.74, 6) is 2.47. The van der Waals surface area contributed by atoms with E-state index >= 15 is 0 Å². The summed E-state index contributed by atoms with van der Waals surface area (Å²) >= 11 is 1.41. The minimum absolute atomic E-state index is 0.107. The zero-order valence-electron chi connectivity index (χ0n) is 19.3. The van der Waals surface area contributed by atoms with Gasteiger partial charge in [0.05, 0.1) is 6.42 Å². The van der Waals surface area contributed by atoms with Gasteiger partial charge in [0, 0.05) is 23.0 Å². The minimum Gasteiger partial charge on any atom is -0.459 e. The zero-order chi connectivity index (χ0) is 24.1. The molecule has 0 aliphatic heterocycles. The van der Waals surface area contributed by atoms with Gasteiger partial charge in [-0.05, 0) is 94.4 Å². The summed E-state index contributed by atoms with van der Waals surface area (Å²) in [5, 5.41) is -3.98. The third-order valence-corrected chi connectivity index (χ3v) is 10.0. The first-order valence-electron chi connectivity index (χ1n) is 11.6. The monoisotopic (exact) mass is 502 g/mol. The van der Waals surface area contributed by atoms with E-state index in [1.54, 1.807) is 12.1 Å². The molecule has 4 fully saturated rings. The van der Waals surface area contributed by atoms with E-state index in [1.165, 1.54) is 62.4 Å². The number of halogens is 2. The van der Waals surface area contributed by atoms with Crippen molar-refractivity contribution in [1.29, 1.82) is 0 Å². The molecule has 4 saturated carbocycles. The summed E-state index contributed by atoms with van der Waals surface area (Å²) in [6.45, 7) is 4.44. The minimum atomic E-state index is -5.03. The van der Waals surface area contributed by atoms with Gasteiger partial charge in [0.1, 0.15) is 11.4 Å². The van der Waals surface area contributed by atoms with E-state index < -0.39 is 21.0 Å². The Bertz CT molecular complexity index is 948. The predicted molar refractivity (Wildman–Crippen MR) is 123 cm³/mol. The van der Waals surface area contributed by atoms with Crippen LogP contribution in [0.15, 0.2) is 29.2 Å². The first kappa shape index (κ1) is 24.8. The number of benzene rings is 1. The molecule has 5 rings (SSSR count). The SMILES string of the molecule is CC(C)(OC(=O)CCSc1ccc(OS(=O)(=O)C(C)(F)F)cc1)C12CC3CC(CC(C3)C1)C2. The quantitative estimate of drug-likeness (QED) is 0.233. The number of hydrogen-bond donors (Lipinski definition) is 0. The molecule has 0 radical (unpaired) electrons. The van der Waals surface area contributed by atoms with Gasteiger partial charge in [0.15, 0.2) is 0 Å². The molecule has 0 amide bonds. The third kappa shape index (κ3) is 5.19. The van der Waals surface area contributed by atoms with Gasteiger partial charge in [-0.15, -0.1) is 11.8 Å². The van der Waals surface area contributed by atoms with E-state index in [0.717, 1.165) is 22.6 Å². The molecule has 4 bridgehead atoms. The van der Waals surface area contributed by atoms with Crippen molar-refractivity contribution in [2.24, 2.45) is 23.2 Å². The van der Waals surface area contributed by atoms with Crippen LogP contribution in [0.25, 0.3) is 0 Å². The highest BCUT2D eigenvalue weighted by Gasteiger charge is 2.58. The molecule has 1 aromatic carbocycles. The number of thioether (sulfide) groups is 1. The second-order valence-corrected chi connectivity index (χ2v) is 13.6. The number of ether oxygens (including phenoxy) is 1. The molecule has 9 heteroatoms. The van der Waals surface area contributed by atoms with Crippen LogP contribution in [-0.4, -0.2) is 31.0 Å². The van der Waals surface area contributed by atoms with Crippen LogP contribution in [0.2, 0.25) is 0 Å². The number of carbonyl (C=O) groups excluding carboxylic acids is 1. The average molecular weight is 503 g/mol. The van der Waals surface area contributed by atoms with Gasteiger partial charge in [0.25, 0.3) is 0 Å². The molecule has 0 N–H and O–H groups in total. The van der Waals surface area contributed by atoms with Crippen molar-refractivity contribution in [2.45, 2.75) is 81.5 Å². The first-order valence-corrected chi connectivity index (χ1v) is 13.9. The molecule has 4 aliphatic rings. The maximum Gasteiger partial charge on any atom is 0.377 e. The van der Waals surface area contributed by atoms with Crippen LogP contribution in [-0.2, 0) is 19.6 Å². The van der Waals surface area contributed by atoms with Crippen molar-refractivity contribution in [3.8, 4) is 5.75 Å². The maximum atomic E-state index is 13.1. The Morgan fingerprint density at radius 3 is 2.03 bits per heavy atom. The lowest BCUT2D eigenvalue weighted by Crippen LogP contribution is -2.57. The van der Waals surface area contributed by atoms with Crippen molar-refractivity contribution in [3.05, 3.63) is 24.3 Å². The van der Waals surface area contributed by atoms with E-state index in [9.17, 15) is 22.0 Å². The third-order valence-electron chi connectivity index (χ3n) is 7.73. The fourth-order valence-corrected chi connectivity index (χ4v) is 7.68. The molecule has 5 nitrogen and oxygen atoms in total. The van der Waals surface area contributed by atoms with Gasteiger partial charge >= 0.3 is 21.3 Å².